The molecular weight excluding hydrogens is 362 g/mol. The van der Waals surface area contributed by atoms with Gasteiger partial charge in [-0.3, -0.25) is 9.59 Å². The summed E-state index contributed by atoms with van der Waals surface area (Å²) < 4.78 is 5.54. The Kier molecular flexibility index (Phi) is 5.38. The van der Waals surface area contributed by atoms with Crippen molar-refractivity contribution < 1.29 is 14.3 Å². The Balaban J connectivity index is 1.28. The lowest BCUT2D eigenvalue weighted by atomic mass is 9.97. The van der Waals surface area contributed by atoms with Gasteiger partial charge in [0.05, 0.1) is 11.6 Å². The Bertz CT molecular complexity index is 804. The van der Waals surface area contributed by atoms with Gasteiger partial charge in [-0.25, -0.2) is 4.98 Å². The number of aromatic nitrogens is 1. The summed E-state index contributed by atoms with van der Waals surface area (Å²) in [7, 11) is 0. The van der Waals surface area contributed by atoms with Crippen LogP contribution in [0.5, 0.6) is 5.75 Å². The minimum Gasteiger partial charge on any atom is -0.484 e. The number of ether oxygens (including phenoxy) is 1. The summed E-state index contributed by atoms with van der Waals surface area (Å²) in [5.41, 5.74) is 1.09. The van der Waals surface area contributed by atoms with Crippen molar-refractivity contribution >= 4 is 28.3 Å². The fourth-order valence-electron chi connectivity index (χ4n) is 3.29. The van der Waals surface area contributed by atoms with Crippen molar-refractivity contribution in [2.24, 2.45) is 5.92 Å². The molecule has 2 aliphatic rings. The minimum absolute atomic E-state index is 0.00438. The van der Waals surface area contributed by atoms with E-state index in [0.29, 0.717) is 29.9 Å². The smallest absolute Gasteiger partial charge is 0.260 e. The molecule has 0 unspecified atom stereocenters. The molecule has 1 aliphatic carbocycles. The van der Waals surface area contributed by atoms with Crippen LogP contribution in [-0.2, 0) is 9.59 Å². The van der Waals surface area contributed by atoms with Crippen molar-refractivity contribution in [2.45, 2.75) is 31.6 Å². The Morgan fingerprint density at radius 1 is 1.22 bits per heavy atom. The van der Waals surface area contributed by atoms with E-state index in [2.05, 4.69) is 10.3 Å². The molecule has 1 atom stereocenters. The van der Waals surface area contributed by atoms with Gasteiger partial charge in [0, 0.05) is 24.4 Å². The van der Waals surface area contributed by atoms with E-state index in [1.807, 2.05) is 35.7 Å². The van der Waals surface area contributed by atoms with E-state index in [1.165, 1.54) is 24.2 Å². The number of benzene rings is 1. The summed E-state index contributed by atoms with van der Waals surface area (Å²) >= 11 is 1.48. The number of nitrogens with one attached hydrogen (secondary N) is 1. The predicted molar refractivity (Wildman–Crippen MR) is 104 cm³/mol. The van der Waals surface area contributed by atoms with Crippen molar-refractivity contribution in [3.63, 3.8) is 0 Å². The Hall–Kier alpha value is -2.41. The molecule has 1 saturated carbocycles. The number of carbonyl (C=O) groups is 2. The molecule has 0 radical (unpaired) electrons. The van der Waals surface area contributed by atoms with Crippen LogP contribution in [0.3, 0.4) is 0 Å². The van der Waals surface area contributed by atoms with Gasteiger partial charge in [-0.05, 0) is 37.8 Å². The number of nitrogens with zero attached hydrogens (tertiary/aromatic N) is 2. The number of thiazole rings is 1. The maximum Gasteiger partial charge on any atom is 0.260 e. The molecule has 2 amide bonds. The number of hydrogen-bond donors (Lipinski definition) is 1. The first kappa shape index (κ1) is 18.0. The quantitative estimate of drug-likeness (QED) is 0.828. The lowest BCUT2D eigenvalue weighted by Crippen LogP contribution is -2.45. The van der Waals surface area contributed by atoms with Gasteiger partial charge in [-0.2, -0.15) is 0 Å². The zero-order valence-corrected chi connectivity index (χ0v) is 15.9. The molecule has 1 N–H and O–H groups in total. The average Bonchev–Trinajstić information content (AvgIpc) is 3.46. The molecule has 1 aliphatic heterocycles. The molecule has 2 aromatic rings. The molecule has 1 saturated heterocycles. The predicted octanol–water partition coefficient (Wildman–Crippen LogP) is 3.28. The summed E-state index contributed by atoms with van der Waals surface area (Å²) in [6.45, 7) is 1.10. The van der Waals surface area contributed by atoms with E-state index in [4.69, 9.17) is 4.74 Å². The zero-order valence-electron chi connectivity index (χ0n) is 15.1. The maximum atomic E-state index is 12.6. The van der Waals surface area contributed by atoms with Gasteiger partial charge in [-0.1, -0.05) is 18.2 Å². The number of para-hydroxylation sites is 1. The molecule has 2 heterocycles. The standard InChI is InChI=1S/C20H23N3O3S/c24-18(12-26-16-6-2-1-3-7-16)23-10-4-5-15(11-23)19(25)22-20-21-17(13-27-20)14-8-9-14/h1-3,6-7,13-15H,4-5,8-12H2,(H,21,22,25)/t15-/m0/s1. The molecular formula is C20H23N3O3S. The van der Waals surface area contributed by atoms with Crippen LogP contribution in [0.15, 0.2) is 35.7 Å². The summed E-state index contributed by atoms with van der Waals surface area (Å²) in [5.74, 6) is 0.925. The SMILES string of the molecule is O=C(Nc1nc(C2CC2)cs1)[C@H]1CCCN(C(=O)COc2ccccc2)C1. The summed E-state index contributed by atoms with van der Waals surface area (Å²) in [5, 5.41) is 5.63. The van der Waals surface area contributed by atoms with Gasteiger partial charge >= 0.3 is 0 Å². The number of likely N-dealkylation sites (tertiary alicyclic amines) is 1. The van der Waals surface area contributed by atoms with Crippen LogP contribution in [0.25, 0.3) is 0 Å². The third-order valence-electron chi connectivity index (χ3n) is 5.00. The number of carbonyl (C=O) groups excluding carboxylic acids is 2. The molecule has 27 heavy (non-hydrogen) atoms. The molecule has 7 heteroatoms. The highest BCUT2D eigenvalue weighted by atomic mass is 32.1. The molecule has 0 bridgehead atoms. The van der Waals surface area contributed by atoms with Gasteiger partial charge in [0.15, 0.2) is 11.7 Å². The number of hydrogen-bond acceptors (Lipinski definition) is 5. The molecule has 2 fully saturated rings. The summed E-state index contributed by atoms with van der Waals surface area (Å²) in [4.78, 5) is 31.3. The first-order chi connectivity index (χ1) is 13.2. The second-order valence-corrected chi connectivity index (χ2v) is 7.98. The third-order valence-corrected chi connectivity index (χ3v) is 5.77. The maximum absolute atomic E-state index is 12.6. The minimum atomic E-state index is -0.201. The van der Waals surface area contributed by atoms with Gasteiger partial charge < -0.3 is 15.0 Å². The van der Waals surface area contributed by atoms with E-state index in [9.17, 15) is 9.59 Å². The van der Waals surface area contributed by atoms with Crippen LogP contribution < -0.4 is 10.1 Å². The lowest BCUT2D eigenvalue weighted by Gasteiger charge is -2.31. The lowest BCUT2D eigenvalue weighted by molar-refractivity contribution is -0.136. The van der Waals surface area contributed by atoms with Crippen molar-refractivity contribution in [2.75, 3.05) is 25.0 Å². The van der Waals surface area contributed by atoms with Crippen molar-refractivity contribution in [1.29, 1.82) is 0 Å². The monoisotopic (exact) mass is 385 g/mol. The number of amides is 2. The molecule has 4 rings (SSSR count). The normalized spacial score (nSPS) is 19.6. The second kappa shape index (κ2) is 8.08. The van der Waals surface area contributed by atoms with Crippen LogP contribution in [0, 0.1) is 5.92 Å². The molecule has 0 spiro atoms. The average molecular weight is 385 g/mol. The van der Waals surface area contributed by atoms with E-state index in [-0.39, 0.29) is 24.3 Å². The van der Waals surface area contributed by atoms with E-state index in [0.717, 1.165) is 18.5 Å². The first-order valence-corrected chi connectivity index (χ1v) is 10.3. The fraction of sp³-hybridized carbons (Fsp3) is 0.450. The first-order valence-electron chi connectivity index (χ1n) is 9.41. The van der Waals surface area contributed by atoms with E-state index >= 15 is 0 Å². The summed E-state index contributed by atoms with van der Waals surface area (Å²) in [6.07, 6.45) is 4.00. The largest absolute Gasteiger partial charge is 0.484 e. The third kappa shape index (κ3) is 4.66. The van der Waals surface area contributed by atoms with Gasteiger partial charge in [0.25, 0.3) is 5.91 Å². The van der Waals surface area contributed by atoms with Gasteiger partial charge in [0.2, 0.25) is 5.91 Å². The highest BCUT2D eigenvalue weighted by Gasteiger charge is 2.30. The number of rotatable bonds is 6. The molecule has 6 nitrogen and oxygen atoms in total. The fourth-order valence-corrected chi connectivity index (χ4v) is 4.08. The Labute approximate surface area is 162 Å². The second-order valence-electron chi connectivity index (χ2n) is 7.12. The van der Waals surface area contributed by atoms with E-state index < -0.39 is 0 Å². The molecule has 142 valence electrons. The number of anilines is 1. The van der Waals surface area contributed by atoms with Crippen LogP contribution in [0.1, 0.15) is 37.3 Å². The summed E-state index contributed by atoms with van der Waals surface area (Å²) in [6, 6.07) is 9.29. The topological polar surface area (TPSA) is 71.5 Å². The highest BCUT2D eigenvalue weighted by Crippen LogP contribution is 2.40. The van der Waals surface area contributed by atoms with Gasteiger partial charge in [0.1, 0.15) is 5.75 Å². The Morgan fingerprint density at radius 2 is 2.04 bits per heavy atom. The van der Waals surface area contributed by atoms with Crippen LogP contribution in [0.2, 0.25) is 0 Å². The van der Waals surface area contributed by atoms with Crippen LogP contribution in [0.4, 0.5) is 5.13 Å². The highest BCUT2D eigenvalue weighted by molar-refractivity contribution is 7.13. The van der Waals surface area contributed by atoms with Crippen molar-refractivity contribution in [3.05, 3.63) is 41.4 Å². The Morgan fingerprint density at radius 3 is 2.81 bits per heavy atom. The van der Waals surface area contributed by atoms with E-state index in [1.54, 1.807) is 4.90 Å². The number of piperidine rings is 1. The molecule has 1 aromatic heterocycles. The van der Waals surface area contributed by atoms with Crippen LogP contribution in [-0.4, -0.2) is 41.4 Å². The zero-order chi connectivity index (χ0) is 18.6. The van der Waals surface area contributed by atoms with Crippen molar-refractivity contribution in [3.8, 4) is 5.75 Å². The van der Waals surface area contributed by atoms with Crippen molar-refractivity contribution in [1.82, 2.24) is 9.88 Å². The molecule has 1 aromatic carbocycles. The van der Waals surface area contributed by atoms with Gasteiger partial charge in [-0.15, -0.1) is 11.3 Å². The van der Waals surface area contributed by atoms with Crippen LogP contribution >= 0.6 is 11.3 Å².